The van der Waals surface area contributed by atoms with Crippen LogP contribution in [0.2, 0.25) is 5.15 Å². The van der Waals surface area contributed by atoms with Crippen molar-refractivity contribution in [3.05, 3.63) is 51.1 Å². The van der Waals surface area contributed by atoms with Gasteiger partial charge in [0.2, 0.25) is 0 Å². The predicted molar refractivity (Wildman–Crippen MR) is 73.4 cm³/mol. The molecule has 0 radical (unpaired) electrons. The summed E-state index contributed by atoms with van der Waals surface area (Å²) in [5.74, 6) is 0.760. The van der Waals surface area contributed by atoms with E-state index in [1.165, 1.54) is 6.07 Å². The first-order valence-corrected chi connectivity index (χ1v) is 6.02. The van der Waals surface area contributed by atoms with Crippen molar-refractivity contribution in [1.29, 1.82) is 0 Å². The van der Waals surface area contributed by atoms with Gasteiger partial charge in [-0.05, 0) is 13.0 Å². The van der Waals surface area contributed by atoms with Gasteiger partial charge >= 0.3 is 0 Å². The van der Waals surface area contributed by atoms with Crippen LogP contribution < -0.4 is 5.32 Å². The molecule has 1 heterocycles. The molecule has 2 aromatic rings. The van der Waals surface area contributed by atoms with Gasteiger partial charge in [0.15, 0.2) is 0 Å². The summed E-state index contributed by atoms with van der Waals surface area (Å²) in [7, 11) is 1.81. The highest BCUT2D eigenvalue weighted by atomic mass is 35.5. The van der Waals surface area contributed by atoms with E-state index in [1.54, 1.807) is 29.8 Å². The molecule has 2 rings (SSSR count). The third kappa shape index (κ3) is 2.68. The maximum absolute atomic E-state index is 10.8. The van der Waals surface area contributed by atoms with Crippen molar-refractivity contribution < 1.29 is 4.92 Å². The summed E-state index contributed by atoms with van der Waals surface area (Å²) in [4.78, 5) is 14.6. The fourth-order valence-corrected chi connectivity index (χ4v) is 1.92. The average Bonchev–Trinajstić information content (AvgIpc) is 2.68. The molecule has 0 aliphatic carbocycles. The predicted octanol–water partition coefficient (Wildman–Crippen LogP) is 2.90. The number of hydrogen-bond donors (Lipinski definition) is 1. The quantitative estimate of drug-likeness (QED) is 0.690. The first-order valence-electron chi connectivity index (χ1n) is 5.64. The molecule has 0 amide bonds. The lowest BCUT2D eigenvalue weighted by molar-refractivity contribution is -0.385. The van der Waals surface area contributed by atoms with Crippen LogP contribution in [0.4, 0.5) is 11.4 Å². The number of nitro benzene ring substituents is 1. The zero-order chi connectivity index (χ0) is 14.0. The van der Waals surface area contributed by atoms with E-state index >= 15 is 0 Å². The molecule has 0 spiro atoms. The van der Waals surface area contributed by atoms with Crippen molar-refractivity contribution in [2.24, 2.45) is 7.05 Å². The van der Waals surface area contributed by atoms with Crippen molar-refractivity contribution in [3.8, 4) is 0 Å². The SMILES string of the molecule is Cc1c(NCc2ncc(Cl)n2C)cccc1[N+](=O)[O-]. The highest BCUT2D eigenvalue weighted by molar-refractivity contribution is 6.29. The number of nitro groups is 1. The molecule has 100 valence electrons. The summed E-state index contributed by atoms with van der Waals surface area (Å²) in [5, 5.41) is 14.5. The minimum absolute atomic E-state index is 0.0999. The summed E-state index contributed by atoms with van der Waals surface area (Å²) in [5.41, 5.74) is 1.42. The summed E-state index contributed by atoms with van der Waals surface area (Å²) in [6.45, 7) is 2.16. The Kier molecular flexibility index (Phi) is 3.71. The van der Waals surface area contributed by atoms with Gasteiger partial charge in [-0.15, -0.1) is 0 Å². The highest BCUT2D eigenvalue weighted by Crippen LogP contribution is 2.25. The molecule has 0 aliphatic rings. The van der Waals surface area contributed by atoms with E-state index in [4.69, 9.17) is 11.6 Å². The summed E-state index contributed by atoms with van der Waals surface area (Å²) < 4.78 is 1.75. The molecule has 6 nitrogen and oxygen atoms in total. The largest absolute Gasteiger partial charge is 0.377 e. The lowest BCUT2D eigenvalue weighted by Crippen LogP contribution is -2.07. The molecular formula is C12H13ClN4O2. The second-order valence-electron chi connectivity index (χ2n) is 4.12. The van der Waals surface area contributed by atoms with Gasteiger partial charge in [0.1, 0.15) is 11.0 Å². The standard InChI is InChI=1S/C12H13ClN4O2/c1-8-9(4-3-5-10(8)17(18)19)14-7-12-15-6-11(13)16(12)2/h3-6,14H,7H2,1-2H3. The van der Waals surface area contributed by atoms with Gasteiger partial charge in [0.25, 0.3) is 5.69 Å². The number of aromatic nitrogens is 2. The lowest BCUT2D eigenvalue weighted by Gasteiger charge is -2.09. The number of nitrogens with one attached hydrogen (secondary N) is 1. The first-order chi connectivity index (χ1) is 9.00. The Hall–Kier alpha value is -2.08. The van der Waals surface area contributed by atoms with Gasteiger partial charge in [-0.1, -0.05) is 17.7 Å². The lowest BCUT2D eigenvalue weighted by atomic mass is 10.1. The maximum Gasteiger partial charge on any atom is 0.274 e. The minimum Gasteiger partial charge on any atom is -0.377 e. The van der Waals surface area contributed by atoms with Gasteiger partial charge in [0.05, 0.1) is 17.7 Å². The third-order valence-electron chi connectivity index (χ3n) is 2.97. The maximum atomic E-state index is 10.8. The van der Waals surface area contributed by atoms with Gasteiger partial charge < -0.3 is 9.88 Å². The normalized spacial score (nSPS) is 10.5. The van der Waals surface area contributed by atoms with Crippen LogP contribution in [0, 0.1) is 17.0 Å². The molecule has 0 fully saturated rings. The van der Waals surface area contributed by atoms with E-state index in [0.29, 0.717) is 22.9 Å². The molecular weight excluding hydrogens is 268 g/mol. The van der Waals surface area contributed by atoms with Crippen molar-refractivity contribution in [3.63, 3.8) is 0 Å². The van der Waals surface area contributed by atoms with Crippen molar-refractivity contribution >= 4 is 23.0 Å². The molecule has 1 N–H and O–H groups in total. The molecule has 0 unspecified atom stereocenters. The van der Waals surface area contributed by atoms with Crippen LogP contribution >= 0.6 is 11.6 Å². The van der Waals surface area contributed by atoms with E-state index in [-0.39, 0.29) is 5.69 Å². The van der Waals surface area contributed by atoms with E-state index in [2.05, 4.69) is 10.3 Å². The zero-order valence-corrected chi connectivity index (χ0v) is 11.3. The number of nitrogens with zero attached hydrogens (tertiary/aromatic N) is 3. The molecule has 19 heavy (non-hydrogen) atoms. The van der Waals surface area contributed by atoms with Crippen molar-refractivity contribution in [2.45, 2.75) is 13.5 Å². The van der Waals surface area contributed by atoms with Crippen LogP contribution in [0.5, 0.6) is 0 Å². The van der Waals surface area contributed by atoms with Gasteiger partial charge in [-0.2, -0.15) is 0 Å². The van der Waals surface area contributed by atoms with Crippen LogP contribution in [0.3, 0.4) is 0 Å². The minimum atomic E-state index is -0.391. The van der Waals surface area contributed by atoms with Crippen LogP contribution in [-0.2, 0) is 13.6 Å². The second-order valence-corrected chi connectivity index (χ2v) is 4.50. The number of hydrogen-bond acceptors (Lipinski definition) is 4. The topological polar surface area (TPSA) is 73.0 Å². The Balaban J connectivity index is 2.18. The fraction of sp³-hybridized carbons (Fsp3) is 0.250. The molecule has 7 heteroatoms. The van der Waals surface area contributed by atoms with Crippen LogP contribution in [0.25, 0.3) is 0 Å². The van der Waals surface area contributed by atoms with Crippen molar-refractivity contribution in [2.75, 3.05) is 5.32 Å². The fourth-order valence-electron chi connectivity index (χ4n) is 1.78. The Bertz CT molecular complexity index is 624. The number of halogens is 1. The van der Waals surface area contributed by atoms with E-state index < -0.39 is 4.92 Å². The average molecular weight is 281 g/mol. The molecule has 0 aliphatic heterocycles. The van der Waals surface area contributed by atoms with E-state index in [9.17, 15) is 10.1 Å². The number of anilines is 1. The molecule has 0 saturated carbocycles. The second kappa shape index (κ2) is 5.27. The van der Waals surface area contributed by atoms with Crippen LogP contribution in [-0.4, -0.2) is 14.5 Å². The smallest absolute Gasteiger partial charge is 0.274 e. The zero-order valence-electron chi connectivity index (χ0n) is 10.6. The molecule has 0 bridgehead atoms. The number of rotatable bonds is 4. The van der Waals surface area contributed by atoms with Crippen LogP contribution in [0.15, 0.2) is 24.4 Å². The van der Waals surface area contributed by atoms with E-state index in [1.807, 2.05) is 7.05 Å². The molecule has 0 atom stereocenters. The van der Waals surface area contributed by atoms with Crippen LogP contribution in [0.1, 0.15) is 11.4 Å². The summed E-state index contributed by atoms with van der Waals surface area (Å²) in [6, 6.07) is 4.93. The molecule has 1 aromatic carbocycles. The summed E-state index contributed by atoms with van der Waals surface area (Å²) in [6.07, 6.45) is 1.57. The Morgan fingerprint density at radius 2 is 2.26 bits per heavy atom. The Morgan fingerprint density at radius 1 is 1.53 bits per heavy atom. The number of benzene rings is 1. The molecule has 0 saturated heterocycles. The molecule has 1 aromatic heterocycles. The summed E-state index contributed by atoms with van der Waals surface area (Å²) >= 11 is 5.89. The monoisotopic (exact) mass is 280 g/mol. The van der Waals surface area contributed by atoms with Crippen molar-refractivity contribution in [1.82, 2.24) is 9.55 Å². The van der Waals surface area contributed by atoms with Gasteiger partial charge in [-0.25, -0.2) is 4.98 Å². The first kappa shape index (κ1) is 13.4. The van der Waals surface area contributed by atoms with E-state index in [0.717, 1.165) is 5.82 Å². The van der Waals surface area contributed by atoms with Gasteiger partial charge in [0, 0.05) is 24.4 Å². The number of imidazole rings is 1. The third-order valence-corrected chi connectivity index (χ3v) is 3.32. The highest BCUT2D eigenvalue weighted by Gasteiger charge is 2.13. The Labute approximate surface area is 115 Å². The Morgan fingerprint density at radius 3 is 2.84 bits per heavy atom. The van der Waals surface area contributed by atoms with Gasteiger partial charge in [-0.3, -0.25) is 10.1 Å².